The third kappa shape index (κ3) is 3.82. The summed E-state index contributed by atoms with van der Waals surface area (Å²) in [5, 5.41) is 28.7. The number of nitrogens with one attached hydrogen (secondary N) is 2. The van der Waals surface area contributed by atoms with E-state index in [0.29, 0.717) is 17.6 Å². The first-order chi connectivity index (χ1) is 12.9. The molecule has 0 fully saturated rings. The zero-order chi connectivity index (χ0) is 19.6. The van der Waals surface area contributed by atoms with Crippen LogP contribution in [0.3, 0.4) is 0 Å². The summed E-state index contributed by atoms with van der Waals surface area (Å²) < 4.78 is 0. The highest BCUT2D eigenvalue weighted by molar-refractivity contribution is 6.03. The predicted molar refractivity (Wildman–Crippen MR) is 97.0 cm³/mol. The van der Waals surface area contributed by atoms with E-state index in [4.69, 9.17) is 5.21 Å². The fourth-order valence-corrected chi connectivity index (χ4v) is 3.25. The molecule has 0 aliphatic carbocycles. The van der Waals surface area contributed by atoms with Crippen molar-refractivity contribution in [3.05, 3.63) is 47.3 Å². The molecule has 0 radical (unpaired) electrons. The molecule has 0 saturated heterocycles. The molecule has 1 aromatic carbocycles. The van der Waals surface area contributed by atoms with E-state index < -0.39 is 11.9 Å². The van der Waals surface area contributed by atoms with Crippen molar-refractivity contribution in [3.8, 4) is 0 Å². The van der Waals surface area contributed by atoms with Gasteiger partial charge in [0.1, 0.15) is 0 Å². The van der Waals surface area contributed by atoms with Crippen molar-refractivity contribution in [2.45, 2.75) is 26.3 Å². The number of rotatable bonds is 6. The Kier molecular flexibility index (Phi) is 5.22. The van der Waals surface area contributed by atoms with Gasteiger partial charge in [-0.25, -0.2) is 10.3 Å². The summed E-state index contributed by atoms with van der Waals surface area (Å²) in [5.41, 5.74) is 4.05. The molecule has 3 rings (SSSR count). The molecule has 1 aliphatic rings. The number of hydrogen-bond donors (Lipinski definition) is 4. The predicted octanol–water partition coefficient (Wildman–Crippen LogP) is 3.03. The fraction of sp³-hybridized carbons (Fsp3) is 0.333. The lowest BCUT2D eigenvalue weighted by atomic mass is 9.99. The molecule has 0 spiro atoms. The monoisotopic (exact) mass is 371 g/mol. The van der Waals surface area contributed by atoms with Crippen LogP contribution >= 0.6 is 0 Å². The maximum Gasteiger partial charge on any atom is 0.336 e. The molecule has 142 valence electrons. The summed E-state index contributed by atoms with van der Waals surface area (Å²) in [5.74, 6) is -1.32. The second-order valence-electron chi connectivity index (χ2n) is 6.71. The number of carbonyl (C=O) groups excluding carboxylic acids is 1. The Morgan fingerprint density at radius 1 is 1.41 bits per heavy atom. The SMILES string of the molecule is CC(C)C(c1cc2c(C(=O)O)cccc2[nH]1)N1C/C(=C/CC(=O)NO)N=N1. The third-order valence-electron chi connectivity index (χ3n) is 4.45. The molecule has 2 heterocycles. The molecule has 0 saturated carbocycles. The topological polar surface area (TPSA) is 130 Å². The molecule has 1 unspecified atom stereocenters. The Morgan fingerprint density at radius 2 is 2.19 bits per heavy atom. The van der Waals surface area contributed by atoms with Crippen LogP contribution in [0.25, 0.3) is 10.9 Å². The summed E-state index contributed by atoms with van der Waals surface area (Å²) in [4.78, 5) is 25.9. The molecular weight excluding hydrogens is 350 g/mol. The average Bonchev–Trinajstić information content (AvgIpc) is 3.25. The van der Waals surface area contributed by atoms with Gasteiger partial charge in [-0.15, -0.1) is 5.11 Å². The van der Waals surface area contributed by atoms with Crippen LogP contribution in [0.5, 0.6) is 0 Å². The average molecular weight is 371 g/mol. The summed E-state index contributed by atoms with van der Waals surface area (Å²) in [7, 11) is 0. The number of carboxylic acid groups (broad SMARTS) is 1. The van der Waals surface area contributed by atoms with E-state index in [0.717, 1.165) is 11.2 Å². The fourth-order valence-electron chi connectivity index (χ4n) is 3.25. The van der Waals surface area contributed by atoms with Crippen LogP contribution in [0.2, 0.25) is 0 Å². The normalized spacial score (nSPS) is 16.4. The molecule has 1 atom stereocenters. The summed E-state index contributed by atoms with van der Waals surface area (Å²) >= 11 is 0. The Hall–Kier alpha value is -3.20. The standard InChI is InChI=1S/C18H21N5O4/c1-10(2)17(23-9-11(20-22-23)6-7-16(24)21-27)15-8-13-12(18(25)26)4-3-5-14(13)19-15/h3-6,8,10,17,19,27H,7,9H2,1-2H3,(H,21,24)(H,25,26)/b11-6-. The number of benzene rings is 1. The van der Waals surface area contributed by atoms with Gasteiger partial charge in [0.05, 0.1) is 23.8 Å². The maximum absolute atomic E-state index is 11.5. The first-order valence-electron chi connectivity index (χ1n) is 8.56. The van der Waals surface area contributed by atoms with Gasteiger partial charge in [0.2, 0.25) is 5.91 Å². The van der Waals surface area contributed by atoms with Gasteiger partial charge < -0.3 is 10.1 Å². The number of hydroxylamine groups is 1. The zero-order valence-electron chi connectivity index (χ0n) is 15.0. The number of aromatic amines is 1. The Balaban J connectivity index is 1.88. The van der Waals surface area contributed by atoms with Crippen LogP contribution < -0.4 is 5.48 Å². The smallest absolute Gasteiger partial charge is 0.336 e. The van der Waals surface area contributed by atoms with Gasteiger partial charge in [-0.1, -0.05) is 25.1 Å². The molecule has 9 heteroatoms. The Bertz CT molecular complexity index is 931. The summed E-state index contributed by atoms with van der Waals surface area (Å²) in [6.07, 6.45) is 1.62. The molecule has 2 aromatic rings. The van der Waals surface area contributed by atoms with Gasteiger partial charge >= 0.3 is 5.97 Å². The molecule has 27 heavy (non-hydrogen) atoms. The zero-order valence-corrected chi connectivity index (χ0v) is 15.0. The first kappa shape index (κ1) is 18.6. The van der Waals surface area contributed by atoms with Crippen molar-refractivity contribution in [1.82, 2.24) is 15.5 Å². The van der Waals surface area contributed by atoms with Crippen LogP contribution in [0.15, 0.2) is 46.4 Å². The van der Waals surface area contributed by atoms with Crippen molar-refractivity contribution in [1.29, 1.82) is 0 Å². The van der Waals surface area contributed by atoms with E-state index in [1.165, 1.54) is 0 Å². The van der Waals surface area contributed by atoms with Crippen LogP contribution in [-0.4, -0.2) is 38.7 Å². The maximum atomic E-state index is 11.5. The van der Waals surface area contributed by atoms with Gasteiger partial charge in [-0.2, -0.15) is 0 Å². The van der Waals surface area contributed by atoms with Crippen LogP contribution in [0.1, 0.15) is 42.4 Å². The number of aromatic nitrogens is 1. The first-order valence-corrected chi connectivity index (χ1v) is 8.56. The quantitative estimate of drug-likeness (QED) is 0.458. The van der Waals surface area contributed by atoms with Gasteiger partial charge in [-0.05, 0) is 30.2 Å². The minimum Gasteiger partial charge on any atom is -0.478 e. The number of fused-ring (bicyclic) bond motifs is 1. The van der Waals surface area contributed by atoms with Crippen LogP contribution in [0.4, 0.5) is 0 Å². The van der Waals surface area contributed by atoms with Gasteiger partial charge in [0, 0.05) is 23.0 Å². The van der Waals surface area contributed by atoms with Crippen molar-refractivity contribution in [2.75, 3.05) is 6.54 Å². The lowest BCUT2D eigenvalue weighted by Crippen LogP contribution is -2.26. The van der Waals surface area contributed by atoms with Gasteiger partial charge in [-0.3, -0.25) is 15.0 Å². The molecule has 1 aromatic heterocycles. The number of aromatic carboxylic acids is 1. The highest BCUT2D eigenvalue weighted by Crippen LogP contribution is 2.34. The number of amides is 1. The van der Waals surface area contributed by atoms with Crippen LogP contribution in [-0.2, 0) is 4.79 Å². The van der Waals surface area contributed by atoms with Crippen LogP contribution in [0, 0.1) is 5.92 Å². The lowest BCUT2D eigenvalue weighted by molar-refractivity contribution is -0.128. The van der Waals surface area contributed by atoms with E-state index in [2.05, 4.69) is 15.3 Å². The van der Waals surface area contributed by atoms with E-state index in [1.807, 2.05) is 26.0 Å². The number of hydrogen-bond acceptors (Lipinski definition) is 6. The van der Waals surface area contributed by atoms with E-state index in [-0.39, 0.29) is 23.9 Å². The Morgan fingerprint density at radius 3 is 2.85 bits per heavy atom. The third-order valence-corrected chi connectivity index (χ3v) is 4.45. The van der Waals surface area contributed by atoms with E-state index in [9.17, 15) is 14.7 Å². The van der Waals surface area contributed by atoms with E-state index in [1.54, 1.807) is 28.7 Å². The van der Waals surface area contributed by atoms with Crippen molar-refractivity contribution in [2.24, 2.45) is 16.3 Å². The molecular formula is C18H21N5O4. The van der Waals surface area contributed by atoms with Gasteiger partial charge in [0.25, 0.3) is 0 Å². The highest BCUT2D eigenvalue weighted by Gasteiger charge is 2.29. The molecule has 9 nitrogen and oxygen atoms in total. The molecule has 4 N–H and O–H groups in total. The molecule has 0 bridgehead atoms. The minimum absolute atomic E-state index is 0.0133. The summed E-state index contributed by atoms with van der Waals surface area (Å²) in [6, 6.07) is 6.83. The number of nitrogens with zero attached hydrogens (tertiary/aromatic N) is 3. The van der Waals surface area contributed by atoms with Gasteiger partial charge in [0.15, 0.2) is 0 Å². The van der Waals surface area contributed by atoms with Crippen molar-refractivity contribution < 1.29 is 19.9 Å². The second-order valence-corrected chi connectivity index (χ2v) is 6.71. The Labute approximate surface area is 155 Å². The second kappa shape index (κ2) is 7.58. The molecule has 1 amide bonds. The van der Waals surface area contributed by atoms with Crippen molar-refractivity contribution in [3.63, 3.8) is 0 Å². The largest absolute Gasteiger partial charge is 0.478 e. The van der Waals surface area contributed by atoms with Crippen molar-refractivity contribution >= 4 is 22.8 Å². The summed E-state index contributed by atoms with van der Waals surface area (Å²) in [6.45, 7) is 4.51. The number of carboxylic acids is 1. The molecule has 1 aliphatic heterocycles. The highest BCUT2D eigenvalue weighted by atomic mass is 16.5. The van der Waals surface area contributed by atoms with E-state index >= 15 is 0 Å². The number of carbonyl (C=O) groups is 2. The lowest BCUT2D eigenvalue weighted by Gasteiger charge is -2.27. The minimum atomic E-state index is -0.972. The number of H-pyrrole nitrogens is 1.